The highest BCUT2D eigenvalue weighted by Crippen LogP contribution is 2.26. The molecule has 2 aromatic carbocycles. The molecule has 1 amide bonds. The molecule has 0 atom stereocenters. The van der Waals surface area contributed by atoms with Gasteiger partial charge in [-0.25, -0.2) is 0 Å². The van der Waals surface area contributed by atoms with Crippen LogP contribution in [0.2, 0.25) is 10.0 Å². The molecule has 1 fully saturated rings. The van der Waals surface area contributed by atoms with Crippen molar-refractivity contribution in [1.29, 1.82) is 0 Å². The maximum Gasteiger partial charge on any atom is 0.262 e. The van der Waals surface area contributed by atoms with E-state index >= 15 is 0 Å². The highest BCUT2D eigenvalue weighted by molar-refractivity contribution is 6.42. The van der Waals surface area contributed by atoms with Crippen LogP contribution < -0.4 is 10.1 Å². The Hall–Kier alpha value is -1.75. The Morgan fingerprint density at radius 2 is 1.77 bits per heavy atom. The van der Waals surface area contributed by atoms with Crippen LogP contribution in [0.5, 0.6) is 5.75 Å². The molecule has 0 radical (unpaired) electrons. The van der Waals surface area contributed by atoms with Gasteiger partial charge in [-0.05, 0) is 62.2 Å². The molecule has 1 N–H and O–H groups in total. The fourth-order valence-electron chi connectivity index (χ4n) is 2.96. The molecule has 4 nitrogen and oxygen atoms in total. The van der Waals surface area contributed by atoms with E-state index in [2.05, 4.69) is 22.3 Å². The summed E-state index contributed by atoms with van der Waals surface area (Å²) in [7, 11) is 0. The quantitative estimate of drug-likeness (QED) is 0.745. The van der Waals surface area contributed by atoms with Gasteiger partial charge in [0.2, 0.25) is 0 Å². The number of halogens is 2. The summed E-state index contributed by atoms with van der Waals surface area (Å²) in [6.45, 7) is 3.44. The molecule has 138 valence electrons. The highest BCUT2D eigenvalue weighted by Gasteiger charge is 2.11. The van der Waals surface area contributed by atoms with E-state index in [0.717, 1.165) is 18.7 Å². The van der Waals surface area contributed by atoms with Gasteiger partial charge in [0.25, 0.3) is 5.91 Å². The number of likely N-dealkylation sites (tertiary alicyclic amines) is 1. The molecule has 0 saturated carbocycles. The molecule has 1 heterocycles. The molecular formula is C20H22Cl2N2O2. The third-order valence-electron chi connectivity index (χ3n) is 4.41. The topological polar surface area (TPSA) is 41.6 Å². The van der Waals surface area contributed by atoms with Crippen LogP contribution in [0.3, 0.4) is 0 Å². The number of rotatable bonds is 7. The van der Waals surface area contributed by atoms with Crippen LogP contribution in [0.1, 0.15) is 18.4 Å². The van der Waals surface area contributed by atoms with E-state index in [0.29, 0.717) is 15.8 Å². The Balaban J connectivity index is 1.44. The number of carbonyl (C=O) groups excluding carboxylic acids is 1. The van der Waals surface area contributed by atoms with Gasteiger partial charge in [-0.15, -0.1) is 0 Å². The minimum atomic E-state index is -0.221. The first kappa shape index (κ1) is 19.0. The average molecular weight is 393 g/mol. The van der Waals surface area contributed by atoms with Crippen molar-refractivity contribution in [1.82, 2.24) is 4.90 Å². The number of carbonyl (C=O) groups is 1. The molecular weight excluding hydrogens is 371 g/mol. The Labute approximate surface area is 164 Å². The monoisotopic (exact) mass is 392 g/mol. The zero-order chi connectivity index (χ0) is 18.4. The minimum absolute atomic E-state index is 0.0886. The van der Waals surface area contributed by atoms with Gasteiger partial charge in [0.05, 0.1) is 10.0 Å². The van der Waals surface area contributed by atoms with Gasteiger partial charge in [-0.1, -0.05) is 35.3 Å². The van der Waals surface area contributed by atoms with Crippen molar-refractivity contribution in [3.63, 3.8) is 0 Å². The van der Waals surface area contributed by atoms with E-state index in [9.17, 15) is 4.79 Å². The van der Waals surface area contributed by atoms with Gasteiger partial charge in [0.15, 0.2) is 6.61 Å². The lowest BCUT2D eigenvalue weighted by Gasteiger charge is -2.14. The predicted octanol–water partition coefficient (Wildman–Crippen LogP) is 4.65. The summed E-state index contributed by atoms with van der Waals surface area (Å²) in [5.74, 6) is 0.285. The van der Waals surface area contributed by atoms with Crippen LogP contribution in [0, 0.1) is 0 Å². The van der Waals surface area contributed by atoms with Crippen molar-refractivity contribution in [3.05, 3.63) is 58.1 Å². The smallest absolute Gasteiger partial charge is 0.262 e. The van der Waals surface area contributed by atoms with Crippen LogP contribution in [-0.2, 0) is 11.2 Å². The first-order chi connectivity index (χ1) is 12.6. The second kappa shape index (κ2) is 9.26. The molecule has 0 bridgehead atoms. The van der Waals surface area contributed by atoms with Crippen LogP contribution >= 0.6 is 23.2 Å². The summed E-state index contributed by atoms with van der Waals surface area (Å²) < 4.78 is 5.43. The summed E-state index contributed by atoms with van der Waals surface area (Å²) in [4.78, 5) is 14.5. The molecule has 26 heavy (non-hydrogen) atoms. The Morgan fingerprint density at radius 1 is 1.04 bits per heavy atom. The lowest BCUT2D eigenvalue weighted by molar-refractivity contribution is -0.118. The molecule has 1 aliphatic rings. The van der Waals surface area contributed by atoms with E-state index in [-0.39, 0.29) is 12.5 Å². The summed E-state index contributed by atoms with van der Waals surface area (Å²) in [6.07, 6.45) is 3.67. The van der Waals surface area contributed by atoms with Crippen molar-refractivity contribution < 1.29 is 9.53 Å². The largest absolute Gasteiger partial charge is 0.484 e. The van der Waals surface area contributed by atoms with Gasteiger partial charge in [0.1, 0.15) is 5.75 Å². The molecule has 0 unspecified atom stereocenters. The molecule has 1 saturated heterocycles. The highest BCUT2D eigenvalue weighted by atomic mass is 35.5. The molecule has 3 rings (SSSR count). The van der Waals surface area contributed by atoms with E-state index in [1.807, 2.05) is 12.1 Å². The van der Waals surface area contributed by atoms with Gasteiger partial charge < -0.3 is 15.0 Å². The van der Waals surface area contributed by atoms with Crippen LogP contribution in [-0.4, -0.2) is 37.0 Å². The summed E-state index contributed by atoms with van der Waals surface area (Å²) >= 11 is 11.8. The lowest BCUT2D eigenvalue weighted by atomic mass is 10.1. The second-order valence-electron chi connectivity index (χ2n) is 6.41. The van der Waals surface area contributed by atoms with Crippen LogP contribution in [0.25, 0.3) is 0 Å². The van der Waals surface area contributed by atoms with Gasteiger partial charge >= 0.3 is 0 Å². The van der Waals surface area contributed by atoms with Gasteiger partial charge in [-0.2, -0.15) is 0 Å². The molecule has 6 heteroatoms. The second-order valence-corrected chi connectivity index (χ2v) is 7.22. The number of benzene rings is 2. The number of amides is 1. The maximum atomic E-state index is 12.0. The average Bonchev–Trinajstić information content (AvgIpc) is 3.16. The van der Waals surface area contributed by atoms with Gasteiger partial charge in [-0.3, -0.25) is 4.79 Å². The molecule has 0 spiro atoms. The number of ether oxygens (including phenoxy) is 1. The molecule has 0 aromatic heterocycles. The number of anilines is 1. The number of hydrogen-bond acceptors (Lipinski definition) is 3. The van der Waals surface area contributed by atoms with E-state index in [1.165, 1.54) is 31.5 Å². The summed E-state index contributed by atoms with van der Waals surface area (Å²) in [6, 6.07) is 12.9. The SMILES string of the molecule is O=C(COc1ccc(Cl)c(Cl)c1)Nc1ccc(CCN2CCCC2)cc1. The summed E-state index contributed by atoms with van der Waals surface area (Å²) in [5.41, 5.74) is 2.04. The van der Waals surface area contributed by atoms with E-state index < -0.39 is 0 Å². The molecule has 1 aliphatic heterocycles. The van der Waals surface area contributed by atoms with Crippen molar-refractivity contribution in [2.75, 3.05) is 31.6 Å². The number of hydrogen-bond donors (Lipinski definition) is 1. The number of nitrogens with zero attached hydrogens (tertiary/aromatic N) is 1. The Morgan fingerprint density at radius 3 is 2.46 bits per heavy atom. The fraction of sp³-hybridized carbons (Fsp3) is 0.350. The number of nitrogens with one attached hydrogen (secondary N) is 1. The standard InChI is InChI=1S/C20H22Cl2N2O2/c21-18-8-7-17(13-19(18)22)26-14-20(25)23-16-5-3-15(4-6-16)9-12-24-10-1-2-11-24/h3-8,13H,1-2,9-12,14H2,(H,23,25). The lowest BCUT2D eigenvalue weighted by Crippen LogP contribution is -2.22. The third kappa shape index (κ3) is 5.63. The maximum absolute atomic E-state index is 12.0. The van der Waals surface area contributed by atoms with Crippen LogP contribution in [0.4, 0.5) is 5.69 Å². The molecule has 0 aliphatic carbocycles. The first-order valence-corrected chi connectivity index (χ1v) is 9.55. The Bertz CT molecular complexity index is 744. The third-order valence-corrected chi connectivity index (χ3v) is 5.15. The normalized spacial score (nSPS) is 14.4. The van der Waals surface area contributed by atoms with Crippen molar-refractivity contribution >= 4 is 34.8 Å². The van der Waals surface area contributed by atoms with Gasteiger partial charge in [0, 0.05) is 18.3 Å². The van der Waals surface area contributed by atoms with E-state index in [4.69, 9.17) is 27.9 Å². The zero-order valence-corrected chi connectivity index (χ0v) is 16.0. The van der Waals surface area contributed by atoms with Crippen molar-refractivity contribution in [2.24, 2.45) is 0 Å². The zero-order valence-electron chi connectivity index (χ0n) is 14.5. The van der Waals surface area contributed by atoms with Crippen LogP contribution in [0.15, 0.2) is 42.5 Å². The Kier molecular flexibility index (Phi) is 6.78. The predicted molar refractivity (Wildman–Crippen MR) is 106 cm³/mol. The van der Waals surface area contributed by atoms with E-state index in [1.54, 1.807) is 18.2 Å². The first-order valence-electron chi connectivity index (χ1n) is 8.79. The summed E-state index contributed by atoms with van der Waals surface area (Å²) in [5, 5.41) is 3.68. The van der Waals surface area contributed by atoms with Crippen molar-refractivity contribution in [3.8, 4) is 5.75 Å². The molecule has 2 aromatic rings. The minimum Gasteiger partial charge on any atom is -0.484 e. The fourth-order valence-corrected chi connectivity index (χ4v) is 3.25. The van der Waals surface area contributed by atoms with Crippen molar-refractivity contribution in [2.45, 2.75) is 19.3 Å².